The van der Waals surface area contributed by atoms with E-state index >= 15 is 0 Å². The van der Waals surface area contributed by atoms with E-state index in [0.29, 0.717) is 34.7 Å². The number of aliphatic hydroxyl groups is 1. The maximum atomic E-state index is 13.7. The fourth-order valence-electron chi connectivity index (χ4n) is 4.55. The lowest BCUT2D eigenvalue weighted by molar-refractivity contribution is -0.114. The maximum absolute atomic E-state index is 13.7. The van der Waals surface area contributed by atoms with E-state index in [9.17, 15) is 24.6 Å². The molecular formula is C27H23ClN4O5. The van der Waals surface area contributed by atoms with Crippen molar-refractivity contribution in [3.8, 4) is 5.88 Å². The second kappa shape index (κ2) is 8.86. The van der Waals surface area contributed by atoms with E-state index in [2.05, 4.69) is 5.10 Å². The third kappa shape index (κ3) is 4.00. The van der Waals surface area contributed by atoms with Crippen molar-refractivity contribution in [1.82, 2.24) is 9.13 Å². The molecule has 3 aromatic rings. The van der Waals surface area contributed by atoms with Crippen molar-refractivity contribution >= 4 is 35.0 Å². The Morgan fingerprint density at radius 3 is 2.22 bits per heavy atom. The molecule has 3 aliphatic rings. The summed E-state index contributed by atoms with van der Waals surface area (Å²) >= 11 is 6.46. The van der Waals surface area contributed by atoms with Crippen LogP contribution in [-0.2, 0) is 11.4 Å². The second-order valence-corrected chi connectivity index (χ2v) is 9.86. The van der Waals surface area contributed by atoms with Gasteiger partial charge in [0.15, 0.2) is 0 Å². The molecular weight excluding hydrogens is 496 g/mol. The van der Waals surface area contributed by atoms with Gasteiger partial charge in [0.25, 0.3) is 11.5 Å². The normalized spacial score (nSPS) is 18.5. The van der Waals surface area contributed by atoms with E-state index in [1.54, 1.807) is 48.5 Å². The van der Waals surface area contributed by atoms with E-state index in [4.69, 9.17) is 11.6 Å². The highest BCUT2D eigenvalue weighted by atomic mass is 35.5. The average Bonchev–Trinajstić information content (AvgIpc) is 3.83. The molecule has 37 heavy (non-hydrogen) atoms. The lowest BCUT2D eigenvalue weighted by Gasteiger charge is -2.14. The van der Waals surface area contributed by atoms with Crippen LogP contribution in [0.5, 0.6) is 5.88 Å². The zero-order chi connectivity index (χ0) is 25.8. The molecule has 6 rings (SSSR count). The number of aromatic nitrogens is 2. The first-order valence-corrected chi connectivity index (χ1v) is 12.5. The lowest BCUT2D eigenvalue weighted by Crippen LogP contribution is -2.40. The molecule has 0 radical (unpaired) electrons. The number of benzene rings is 2. The number of nitrogens with zero attached hydrogens (tertiary/aromatic N) is 4. The standard InChI is InChI=1S/C27H23ClN4O5/c28-22-4-2-1-3-19(22)23-20(26(36)32(29-23)18-7-5-15(14-33)6-8-18)13-21-24(34)30(16-9-10-16)27(37)31(25(21)35)17-11-12-17/h1-8,13,16-17,33-34H,9-12,14H2/b20-13-. The quantitative estimate of drug-likeness (QED) is 0.485. The molecule has 1 aliphatic heterocycles. The molecule has 0 spiro atoms. The van der Waals surface area contributed by atoms with Crippen LogP contribution < -0.4 is 16.3 Å². The van der Waals surface area contributed by atoms with Gasteiger partial charge >= 0.3 is 5.69 Å². The zero-order valence-corrected chi connectivity index (χ0v) is 20.4. The van der Waals surface area contributed by atoms with Gasteiger partial charge in [-0.3, -0.25) is 18.7 Å². The number of hydrogen-bond acceptors (Lipinski definition) is 6. The number of anilines is 1. The van der Waals surface area contributed by atoms with Crippen molar-refractivity contribution in [2.45, 2.75) is 44.4 Å². The van der Waals surface area contributed by atoms with E-state index in [1.165, 1.54) is 20.2 Å². The van der Waals surface area contributed by atoms with Crippen molar-refractivity contribution < 1.29 is 15.0 Å². The molecule has 0 bridgehead atoms. The molecule has 2 fully saturated rings. The molecule has 0 unspecified atom stereocenters. The minimum atomic E-state index is -0.633. The lowest BCUT2D eigenvalue weighted by atomic mass is 10.0. The van der Waals surface area contributed by atoms with Gasteiger partial charge in [-0.2, -0.15) is 10.1 Å². The van der Waals surface area contributed by atoms with Gasteiger partial charge in [0.05, 0.1) is 22.9 Å². The molecule has 2 heterocycles. The van der Waals surface area contributed by atoms with Gasteiger partial charge in [0, 0.05) is 17.6 Å². The summed E-state index contributed by atoms with van der Waals surface area (Å²) in [5, 5.41) is 26.5. The largest absolute Gasteiger partial charge is 0.494 e. The molecule has 0 saturated heterocycles. The number of aliphatic hydroxyl groups excluding tert-OH is 1. The Bertz CT molecular complexity index is 1610. The van der Waals surface area contributed by atoms with Gasteiger partial charge in [0.2, 0.25) is 5.88 Å². The Balaban J connectivity index is 1.55. The molecule has 1 amide bonds. The van der Waals surface area contributed by atoms with Gasteiger partial charge in [-0.25, -0.2) is 4.79 Å². The predicted octanol–water partition coefficient (Wildman–Crippen LogP) is 3.37. The van der Waals surface area contributed by atoms with Crippen LogP contribution in [-0.4, -0.2) is 31.0 Å². The Labute approximate surface area is 216 Å². The number of halogens is 1. The summed E-state index contributed by atoms with van der Waals surface area (Å²) < 4.78 is 2.46. The summed E-state index contributed by atoms with van der Waals surface area (Å²) in [7, 11) is 0. The van der Waals surface area contributed by atoms with Crippen LogP contribution in [0.1, 0.15) is 54.5 Å². The first-order valence-electron chi connectivity index (χ1n) is 12.1. The Kier molecular flexibility index (Phi) is 5.62. The molecule has 2 aromatic carbocycles. The predicted molar refractivity (Wildman–Crippen MR) is 139 cm³/mol. The van der Waals surface area contributed by atoms with Crippen molar-refractivity contribution in [3.63, 3.8) is 0 Å². The minimum absolute atomic E-state index is 0.0649. The van der Waals surface area contributed by atoms with Crippen LogP contribution in [0, 0.1) is 0 Å². The summed E-state index contributed by atoms with van der Waals surface area (Å²) in [6.07, 6.45) is 4.21. The second-order valence-electron chi connectivity index (χ2n) is 9.46. The smallest absolute Gasteiger partial charge is 0.334 e. The van der Waals surface area contributed by atoms with Gasteiger partial charge in [-0.05, 0) is 55.5 Å². The van der Waals surface area contributed by atoms with Crippen LogP contribution in [0.3, 0.4) is 0 Å². The summed E-state index contributed by atoms with van der Waals surface area (Å²) in [6.45, 7) is -0.142. The maximum Gasteiger partial charge on any atom is 0.334 e. The van der Waals surface area contributed by atoms with E-state index in [1.807, 2.05) is 0 Å². The highest BCUT2D eigenvalue weighted by Crippen LogP contribution is 2.39. The summed E-state index contributed by atoms with van der Waals surface area (Å²) in [4.78, 5) is 40.2. The average molecular weight is 519 g/mol. The number of amides is 1. The molecule has 2 aliphatic carbocycles. The highest BCUT2D eigenvalue weighted by molar-refractivity contribution is 6.42. The molecule has 10 heteroatoms. The molecule has 2 saturated carbocycles. The van der Waals surface area contributed by atoms with Crippen molar-refractivity contribution in [2.24, 2.45) is 5.10 Å². The number of hydrazone groups is 1. The SMILES string of the molecule is O=C1/C(=C\c2c(O)n(C3CC3)c(=O)n(C3CC3)c2=O)C(c2ccccc2Cl)=NN1c1ccc(CO)cc1. The van der Waals surface area contributed by atoms with Crippen LogP contribution in [0.25, 0.3) is 6.08 Å². The fourth-order valence-corrected chi connectivity index (χ4v) is 4.78. The van der Waals surface area contributed by atoms with Crippen molar-refractivity contribution in [3.05, 3.63) is 96.7 Å². The molecule has 1 aromatic heterocycles. The Hall–Kier alpha value is -3.95. The fraction of sp³-hybridized carbons (Fsp3) is 0.259. The number of aromatic hydroxyl groups is 1. The third-order valence-corrected chi connectivity index (χ3v) is 7.14. The van der Waals surface area contributed by atoms with Gasteiger partial charge in [-0.1, -0.05) is 41.9 Å². The minimum Gasteiger partial charge on any atom is -0.494 e. The first-order chi connectivity index (χ1) is 17.9. The van der Waals surface area contributed by atoms with Crippen LogP contribution >= 0.6 is 11.6 Å². The topological polar surface area (TPSA) is 117 Å². The number of rotatable bonds is 6. The Morgan fingerprint density at radius 1 is 0.946 bits per heavy atom. The summed E-state index contributed by atoms with van der Waals surface area (Å²) in [5.74, 6) is -0.966. The van der Waals surface area contributed by atoms with Gasteiger partial charge in [0.1, 0.15) is 11.3 Å². The third-order valence-electron chi connectivity index (χ3n) is 6.81. The molecule has 188 valence electrons. The van der Waals surface area contributed by atoms with E-state index < -0.39 is 23.0 Å². The van der Waals surface area contributed by atoms with Crippen LogP contribution in [0.2, 0.25) is 5.02 Å². The monoisotopic (exact) mass is 518 g/mol. The van der Waals surface area contributed by atoms with E-state index in [0.717, 1.165) is 12.8 Å². The molecule has 0 atom stereocenters. The first kappa shape index (κ1) is 23.4. The van der Waals surface area contributed by atoms with Gasteiger partial charge < -0.3 is 10.2 Å². The summed E-state index contributed by atoms with van der Waals surface area (Å²) in [6, 6.07) is 13.2. The van der Waals surface area contributed by atoms with Gasteiger partial charge in [-0.15, -0.1) is 0 Å². The Morgan fingerprint density at radius 2 is 1.59 bits per heavy atom. The molecule has 2 N–H and O–H groups in total. The van der Waals surface area contributed by atoms with Crippen LogP contribution in [0.4, 0.5) is 5.69 Å². The number of carbonyl (C=O) groups excluding carboxylic acids is 1. The zero-order valence-electron chi connectivity index (χ0n) is 19.7. The van der Waals surface area contributed by atoms with E-state index in [-0.39, 0.29) is 35.5 Å². The summed E-state index contributed by atoms with van der Waals surface area (Å²) in [5.41, 5.74) is 0.643. The number of carbonyl (C=O) groups is 1. The number of hydrogen-bond donors (Lipinski definition) is 2. The van der Waals surface area contributed by atoms with Crippen LogP contribution in [0.15, 0.2) is 68.8 Å². The van der Waals surface area contributed by atoms with Crippen molar-refractivity contribution in [2.75, 3.05) is 5.01 Å². The van der Waals surface area contributed by atoms with Crippen molar-refractivity contribution in [1.29, 1.82) is 0 Å². The molecule has 9 nitrogen and oxygen atoms in total. The highest BCUT2D eigenvalue weighted by Gasteiger charge is 2.37.